The summed E-state index contributed by atoms with van der Waals surface area (Å²) < 4.78 is 12.9. The quantitative estimate of drug-likeness (QED) is 0.841. The van der Waals surface area contributed by atoms with E-state index in [-0.39, 0.29) is 5.82 Å². The third-order valence-electron chi connectivity index (χ3n) is 3.18. The van der Waals surface area contributed by atoms with Crippen molar-refractivity contribution in [3.63, 3.8) is 0 Å². The minimum absolute atomic E-state index is 0.201. The van der Waals surface area contributed by atoms with E-state index in [0.29, 0.717) is 6.54 Å². The van der Waals surface area contributed by atoms with E-state index in [1.807, 2.05) is 36.5 Å². The number of halogens is 1. The molecule has 4 heteroatoms. The first-order valence-electron chi connectivity index (χ1n) is 6.84. The molecule has 0 amide bonds. The van der Waals surface area contributed by atoms with Crippen molar-refractivity contribution in [2.24, 2.45) is 5.73 Å². The standard InChI is InChI=1S/C16H20FN3/c17-15-6-4-14(5-7-15)13-20(12-9-18)11-8-16-3-1-2-10-19-16/h1-7,10H,8-9,11-13,18H2. The molecule has 3 nitrogen and oxygen atoms in total. The van der Waals surface area contributed by atoms with Crippen LogP contribution < -0.4 is 5.73 Å². The molecule has 1 heterocycles. The van der Waals surface area contributed by atoms with Gasteiger partial charge in [0.05, 0.1) is 0 Å². The average Bonchev–Trinajstić information content (AvgIpc) is 2.48. The van der Waals surface area contributed by atoms with Crippen LogP contribution in [0.4, 0.5) is 4.39 Å². The van der Waals surface area contributed by atoms with Gasteiger partial charge in [-0.05, 0) is 29.8 Å². The molecule has 0 bridgehead atoms. The summed E-state index contributed by atoms with van der Waals surface area (Å²) in [6.07, 6.45) is 2.70. The van der Waals surface area contributed by atoms with E-state index in [2.05, 4.69) is 9.88 Å². The Morgan fingerprint density at radius 1 is 1.05 bits per heavy atom. The fraction of sp³-hybridized carbons (Fsp3) is 0.312. The highest BCUT2D eigenvalue weighted by Crippen LogP contribution is 2.07. The first kappa shape index (κ1) is 14.6. The van der Waals surface area contributed by atoms with Crippen LogP contribution >= 0.6 is 0 Å². The first-order chi connectivity index (χ1) is 9.78. The van der Waals surface area contributed by atoms with E-state index in [1.54, 1.807) is 0 Å². The molecule has 0 radical (unpaired) electrons. The van der Waals surface area contributed by atoms with E-state index in [1.165, 1.54) is 12.1 Å². The van der Waals surface area contributed by atoms with E-state index in [0.717, 1.165) is 37.3 Å². The third kappa shape index (κ3) is 4.72. The highest BCUT2D eigenvalue weighted by molar-refractivity contribution is 5.16. The Labute approximate surface area is 119 Å². The molecule has 0 saturated heterocycles. The summed E-state index contributed by atoms with van der Waals surface area (Å²) in [5.41, 5.74) is 7.83. The Hall–Kier alpha value is -1.78. The van der Waals surface area contributed by atoms with E-state index >= 15 is 0 Å². The molecule has 1 aromatic carbocycles. The minimum atomic E-state index is -0.201. The second-order valence-electron chi connectivity index (χ2n) is 4.76. The molecule has 0 saturated carbocycles. The van der Waals surface area contributed by atoms with Crippen molar-refractivity contribution in [2.45, 2.75) is 13.0 Å². The number of benzene rings is 1. The number of aromatic nitrogens is 1. The van der Waals surface area contributed by atoms with Gasteiger partial charge in [0.25, 0.3) is 0 Å². The van der Waals surface area contributed by atoms with Gasteiger partial charge in [0.2, 0.25) is 0 Å². The second kappa shape index (κ2) is 7.72. The van der Waals surface area contributed by atoms with Gasteiger partial charge in [0.1, 0.15) is 5.82 Å². The summed E-state index contributed by atoms with van der Waals surface area (Å²) in [4.78, 5) is 6.59. The molecule has 20 heavy (non-hydrogen) atoms. The number of hydrogen-bond donors (Lipinski definition) is 1. The molecular formula is C16H20FN3. The van der Waals surface area contributed by atoms with Crippen LogP contribution in [0.15, 0.2) is 48.7 Å². The van der Waals surface area contributed by atoms with Crippen LogP contribution in [0.5, 0.6) is 0 Å². The molecule has 0 aliphatic rings. The van der Waals surface area contributed by atoms with Gasteiger partial charge in [-0.25, -0.2) is 4.39 Å². The summed E-state index contributed by atoms with van der Waals surface area (Å²) in [6, 6.07) is 12.6. The number of nitrogens with zero attached hydrogens (tertiary/aromatic N) is 2. The van der Waals surface area contributed by atoms with Crippen LogP contribution in [-0.2, 0) is 13.0 Å². The van der Waals surface area contributed by atoms with Gasteiger partial charge in [0.15, 0.2) is 0 Å². The maximum atomic E-state index is 12.9. The first-order valence-corrected chi connectivity index (χ1v) is 6.84. The topological polar surface area (TPSA) is 42.1 Å². The summed E-state index contributed by atoms with van der Waals surface area (Å²) in [5.74, 6) is -0.201. The molecule has 0 aliphatic heterocycles. The normalized spacial score (nSPS) is 10.9. The van der Waals surface area contributed by atoms with Crippen molar-refractivity contribution in [3.8, 4) is 0 Å². The van der Waals surface area contributed by atoms with Gasteiger partial charge in [-0.1, -0.05) is 18.2 Å². The summed E-state index contributed by atoms with van der Waals surface area (Å²) in [5, 5.41) is 0. The van der Waals surface area contributed by atoms with Crippen molar-refractivity contribution in [1.82, 2.24) is 9.88 Å². The molecule has 106 valence electrons. The van der Waals surface area contributed by atoms with Crippen LogP contribution in [0.1, 0.15) is 11.3 Å². The van der Waals surface area contributed by atoms with Crippen molar-refractivity contribution in [2.75, 3.05) is 19.6 Å². The van der Waals surface area contributed by atoms with Crippen LogP contribution in [0.3, 0.4) is 0 Å². The molecule has 0 unspecified atom stereocenters. The van der Waals surface area contributed by atoms with Gasteiger partial charge in [-0.2, -0.15) is 0 Å². The zero-order chi connectivity index (χ0) is 14.2. The fourth-order valence-corrected chi connectivity index (χ4v) is 2.12. The number of nitrogens with two attached hydrogens (primary N) is 1. The van der Waals surface area contributed by atoms with Gasteiger partial charge < -0.3 is 5.73 Å². The molecule has 2 N–H and O–H groups in total. The van der Waals surface area contributed by atoms with Crippen LogP contribution in [-0.4, -0.2) is 29.5 Å². The summed E-state index contributed by atoms with van der Waals surface area (Å²) in [6.45, 7) is 3.11. The Balaban J connectivity index is 1.91. The van der Waals surface area contributed by atoms with Gasteiger partial charge in [-0.3, -0.25) is 9.88 Å². The summed E-state index contributed by atoms with van der Waals surface area (Å²) in [7, 11) is 0. The lowest BCUT2D eigenvalue weighted by Crippen LogP contribution is -2.31. The molecule has 1 aromatic heterocycles. The van der Waals surface area contributed by atoms with E-state index in [4.69, 9.17) is 5.73 Å². The van der Waals surface area contributed by atoms with Crippen molar-refractivity contribution in [3.05, 3.63) is 65.7 Å². The SMILES string of the molecule is NCCN(CCc1ccccn1)Cc1ccc(F)cc1. The third-order valence-corrected chi connectivity index (χ3v) is 3.18. The molecule has 2 aromatic rings. The zero-order valence-electron chi connectivity index (χ0n) is 11.5. The fourth-order valence-electron chi connectivity index (χ4n) is 2.12. The lowest BCUT2D eigenvalue weighted by atomic mass is 10.2. The Morgan fingerprint density at radius 3 is 2.50 bits per heavy atom. The van der Waals surface area contributed by atoms with Gasteiger partial charge >= 0.3 is 0 Å². The molecule has 0 spiro atoms. The Bertz CT molecular complexity index is 499. The van der Waals surface area contributed by atoms with Crippen molar-refractivity contribution in [1.29, 1.82) is 0 Å². The zero-order valence-corrected chi connectivity index (χ0v) is 11.5. The lowest BCUT2D eigenvalue weighted by molar-refractivity contribution is 0.275. The predicted octanol–water partition coefficient (Wildman–Crippen LogP) is 2.22. The number of rotatable bonds is 7. The van der Waals surface area contributed by atoms with Gasteiger partial charge in [-0.15, -0.1) is 0 Å². The monoisotopic (exact) mass is 273 g/mol. The highest BCUT2D eigenvalue weighted by atomic mass is 19.1. The van der Waals surface area contributed by atoms with Crippen molar-refractivity contribution < 1.29 is 4.39 Å². The largest absolute Gasteiger partial charge is 0.329 e. The molecule has 0 aliphatic carbocycles. The van der Waals surface area contributed by atoms with Crippen LogP contribution in [0.25, 0.3) is 0 Å². The maximum absolute atomic E-state index is 12.9. The molecule has 0 atom stereocenters. The molecule has 0 fully saturated rings. The minimum Gasteiger partial charge on any atom is -0.329 e. The van der Waals surface area contributed by atoms with Crippen molar-refractivity contribution >= 4 is 0 Å². The highest BCUT2D eigenvalue weighted by Gasteiger charge is 2.06. The van der Waals surface area contributed by atoms with E-state index < -0.39 is 0 Å². The predicted molar refractivity (Wildman–Crippen MR) is 78.7 cm³/mol. The molecular weight excluding hydrogens is 253 g/mol. The average molecular weight is 273 g/mol. The van der Waals surface area contributed by atoms with Crippen LogP contribution in [0.2, 0.25) is 0 Å². The summed E-state index contributed by atoms with van der Waals surface area (Å²) >= 11 is 0. The maximum Gasteiger partial charge on any atom is 0.123 e. The second-order valence-corrected chi connectivity index (χ2v) is 4.76. The smallest absolute Gasteiger partial charge is 0.123 e. The Morgan fingerprint density at radius 2 is 1.85 bits per heavy atom. The molecule has 2 rings (SSSR count). The number of pyridine rings is 1. The van der Waals surface area contributed by atoms with Crippen LogP contribution in [0, 0.1) is 5.82 Å². The number of hydrogen-bond acceptors (Lipinski definition) is 3. The Kier molecular flexibility index (Phi) is 5.65. The lowest BCUT2D eigenvalue weighted by Gasteiger charge is -2.21. The van der Waals surface area contributed by atoms with E-state index in [9.17, 15) is 4.39 Å². The van der Waals surface area contributed by atoms with Gasteiger partial charge in [0, 0.05) is 44.5 Å².